The van der Waals surface area contributed by atoms with Gasteiger partial charge < -0.3 is 20.6 Å². The molecule has 20 heavy (non-hydrogen) atoms. The monoisotopic (exact) mass is 271 g/mol. The minimum atomic E-state index is -0.0885. The van der Waals surface area contributed by atoms with Gasteiger partial charge in [0.1, 0.15) is 5.75 Å². The van der Waals surface area contributed by atoms with Crippen LogP contribution in [0.1, 0.15) is 22.6 Å². The van der Waals surface area contributed by atoms with E-state index in [0.717, 1.165) is 36.2 Å². The summed E-state index contributed by atoms with van der Waals surface area (Å²) in [5.41, 5.74) is 3.14. The molecule has 1 aliphatic heterocycles. The van der Waals surface area contributed by atoms with Gasteiger partial charge in [-0.15, -0.1) is 0 Å². The molecule has 0 aromatic heterocycles. The number of benzene rings is 2. The largest absolute Gasteiger partial charge is 0.508 e. The number of hydrogen-bond acceptors (Lipinski definition) is 4. The maximum Gasteiger partial charge on any atom is 0.157 e. The molecule has 0 spiro atoms. The maximum absolute atomic E-state index is 9.77. The normalized spacial score (nSPS) is 18.3. The van der Waals surface area contributed by atoms with Crippen LogP contribution < -0.4 is 5.32 Å². The highest BCUT2D eigenvalue weighted by molar-refractivity contribution is 5.50. The molecule has 0 bridgehead atoms. The van der Waals surface area contributed by atoms with Crippen molar-refractivity contribution >= 4 is 0 Å². The van der Waals surface area contributed by atoms with Gasteiger partial charge >= 0.3 is 0 Å². The van der Waals surface area contributed by atoms with Crippen molar-refractivity contribution in [3.05, 3.63) is 53.1 Å². The predicted molar refractivity (Wildman–Crippen MR) is 76.3 cm³/mol. The third kappa shape index (κ3) is 2.30. The van der Waals surface area contributed by atoms with Gasteiger partial charge in [0.15, 0.2) is 11.5 Å². The molecule has 0 saturated carbocycles. The zero-order valence-electron chi connectivity index (χ0n) is 11.0. The lowest BCUT2D eigenvalue weighted by Crippen LogP contribution is -2.20. The molecular weight excluding hydrogens is 254 g/mol. The van der Waals surface area contributed by atoms with Crippen LogP contribution in [0.5, 0.6) is 17.2 Å². The van der Waals surface area contributed by atoms with Crippen LogP contribution in [0, 0.1) is 0 Å². The molecular formula is C16H17NO3. The first-order valence-corrected chi connectivity index (χ1v) is 6.69. The van der Waals surface area contributed by atoms with Gasteiger partial charge in [-0.25, -0.2) is 0 Å². The van der Waals surface area contributed by atoms with Crippen LogP contribution in [0.2, 0.25) is 0 Å². The Morgan fingerprint density at radius 3 is 2.40 bits per heavy atom. The summed E-state index contributed by atoms with van der Waals surface area (Å²) < 4.78 is 0. The van der Waals surface area contributed by atoms with E-state index in [-0.39, 0.29) is 23.2 Å². The van der Waals surface area contributed by atoms with Crippen LogP contribution in [-0.4, -0.2) is 28.4 Å². The van der Waals surface area contributed by atoms with Crippen LogP contribution in [0.25, 0.3) is 0 Å². The third-order valence-electron chi connectivity index (χ3n) is 3.83. The fraction of sp³-hybridized carbons (Fsp3) is 0.250. The second kappa shape index (κ2) is 5.06. The van der Waals surface area contributed by atoms with Crippen molar-refractivity contribution in [3.8, 4) is 17.2 Å². The summed E-state index contributed by atoms with van der Waals surface area (Å²) in [6.45, 7) is 1.60. The topological polar surface area (TPSA) is 72.7 Å². The Bertz CT molecular complexity index is 622. The van der Waals surface area contributed by atoms with Crippen LogP contribution in [0.4, 0.5) is 0 Å². The molecule has 2 aromatic carbocycles. The van der Waals surface area contributed by atoms with E-state index in [2.05, 4.69) is 5.32 Å². The minimum absolute atomic E-state index is 0.0740. The summed E-state index contributed by atoms with van der Waals surface area (Å²) >= 11 is 0. The Hall–Kier alpha value is -2.20. The number of phenols is 3. The molecule has 0 saturated heterocycles. The van der Waals surface area contributed by atoms with Crippen molar-refractivity contribution in [2.45, 2.75) is 12.3 Å². The van der Waals surface area contributed by atoms with E-state index in [4.69, 9.17) is 0 Å². The van der Waals surface area contributed by atoms with Crippen molar-refractivity contribution < 1.29 is 15.3 Å². The molecule has 4 N–H and O–H groups in total. The lowest BCUT2D eigenvalue weighted by molar-refractivity contribution is 0.402. The average molecular weight is 271 g/mol. The molecule has 1 heterocycles. The van der Waals surface area contributed by atoms with E-state index in [0.29, 0.717) is 0 Å². The molecule has 0 radical (unpaired) electrons. The van der Waals surface area contributed by atoms with E-state index in [1.54, 1.807) is 24.3 Å². The Balaban J connectivity index is 2.09. The first kappa shape index (κ1) is 12.8. The highest BCUT2D eigenvalue weighted by Gasteiger charge is 2.22. The van der Waals surface area contributed by atoms with E-state index >= 15 is 0 Å². The van der Waals surface area contributed by atoms with Crippen molar-refractivity contribution in [2.24, 2.45) is 0 Å². The summed E-state index contributed by atoms with van der Waals surface area (Å²) in [4.78, 5) is 0. The molecule has 3 rings (SSSR count). The highest BCUT2D eigenvalue weighted by atomic mass is 16.3. The number of hydrogen-bond donors (Lipinski definition) is 4. The second-order valence-corrected chi connectivity index (χ2v) is 5.14. The Morgan fingerprint density at radius 1 is 0.950 bits per heavy atom. The lowest BCUT2D eigenvalue weighted by Gasteiger charge is -2.19. The highest BCUT2D eigenvalue weighted by Crippen LogP contribution is 2.36. The molecule has 0 aliphatic carbocycles. The SMILES string of the molecule is Oc1ccc([C@@H]2CNCCc3cc(O)c(O)cc32)cc1. The van der Waals surface area contributed by atoms with Crippen LogP contribution in [-0.2, 0) is 6.42 Å². The number of aromatic hydroxyl groups is 3. The van der Waals surface area contributed by atoms with E-state index in [9.17, 15) is 15.3 Å². The number of nitrogens with one attached hydrogen (secondary N) is 1. The zero-order chi connectivity index (χ0) is 14.1. The molecule has 0 unspecified atom stereocenters. The van der Waals surface area contributed by atoms with Crippen LogP contribution >= 0.6 is 0 Å². The standard InChI is InChI=1S/C16H17NO3/c18-12-3-1-10(2-4-12)14-9-17-6-5-11-7-15(19)16(20)8-13(11)14/h1-4,7-8,14,17-20H,5-6,9H2/t14-/m0/s1. The van der Waals surface area contributed by atoms with Crippen molar-refractivity contribution in [1.82, 2.24) is 5.32 Å². The second-order valence-electron chi connectivity index (χ2n) is 5.14. The first-order valence-electron chi connectivity index (χ1n) is 6.69. The van der Waals surface area contributed by atoms with E-state index in [1.807, 2.05) is 12.1 Å². The van der Waals surface area contributed by atoms with Gasteiger partial charge in [0.25, 0.3) is 0 Å². The molecule has 1 aliphatic rings. The number of rotatable bonds is 1. The van der Waals surface area contributed by atoms with Gasteiger partial charge in [-0.2, -0.15) is 0 Å². The lowest BCUT2D eigenvalue weighted by atomic mass is 9.88. The summed E-state index contributed by atoms with van der Waals surface area (Å²) in [6, 6.07) is 10.4. The fourth-order valence-electron chi connectivity index (χ4n) is 2.76. The average Bonchev–Trinajstić information content (AvgIpc) is 2.63. The summed E-state index contributed by atoms with van der Waals surface area (Å²) in [6.07, 6.45) is 0.817. The van der Waals surface area contributed by atoms with Gasteiger partial charge in [0.05, 0.1) is 0 Å². The molecule has 4 nitrogen and oxygen atoms in total. The first-order chi connectivity index (χ1) is 9.65. The van der Waals surface area contributed by atoms with Gasteiger partial charge in [0.2, 0.25) is 0 Å². The Morgan fingerprint density at radius 2 is 1.65 bits per heavy atom. The van der Waals surface area contributed by atoms with Crippen LogP contribution in [0.15, 0.2) is 36.4 Å². The maximum atomic E-state index is 9.77. The van der Waals surface area contributed by atoms with E-state index in [1.165, 1.54) is 0 Å². The predicted octanol–water partition coefficient (Wildman–Crippen LogP) is 2.08. The fourth-order valence-corrected chi connectivity index (χ4v) is 2.76. The molecule has 4 heteroatoms. The van der Waals surface area contributed by atoms with Gasteiger partial charge in [-0.1, -0.05) is 12.1 Å². The van der Waals surface area contributed by atoms with E-state index < -0.39 is 0 Å². The number of phenolic OH excluding ortho intramolecular Hbond substituents is 3. The molecule has 0 fully saturated rings. The zero-order valence-corrected chi connectivity index (χ0v) is 11.0. The Labute approximate surface area is 117 Å². The van der Waals surface area contributed by atoms with Gasteiger partial charge in [0, 0.05) is 12.5 Å². The summed E-state index contributed by atoms with van der Waals surface area (Å²) in [5, 5.41) is 32.2. The molecule has 1 atom stereocenters. The Kier molecular flexibility index (Phi) is 3.24. The summed E-state index contributed by atoms with van der Waals surface area (Å²) in [7, 11) is 0. The quantitative estimate of drug-likeness (QED) is 0.599. The van der Waals surface area contributed by atoms with Crippen molar-refractivity contribution in [3.63, 3.8) is 0 Å². The van der Waals surface area contributed by atoms with Crippen molar-refractivity contribution in [1.29, 1.82) is 0 Å². The minimum Gasteiger partial charge on any atom is -0.508 e. The van der Waals surface area contributed by atoms with Gasteiger partial charge in [-0.3, -0.25) is 0 Å². The third-order valence-corrected chi connectivity index (χ3v) is 3.83. The number of fused-ring (bicyclic) bond motifs is 1. The van der Waals surface area contributed by atoms with Crippen molar-refractivity contribution in [2.75, 3.05) is 13.1 Å². The molecule has 104 valence electrons. The van der Waals surface area contributed by atoms with Gasteiger partial charge in [-0.05, 0) is 53.9 Å². The molecule has 2 aromatic rings. The smallest absolute Gasteiger partial charge is 0.157 e. The van der Waals surface area contributed by atoms with Crippen LogP contribution in [0.3, 0.4) is 0 Å². The molecule has 0 amide bonds. The summed E-state index contributed by atoms with van der Waals surface area (Å²) in [5.74, 6) is 0.174.